The van der Waals surface area contributed by atoms with Crippen molar-refractivity contribution < 1.29 is 0 Å². The Kier molecular flexibility index (Phi) is 4.59. The van der Waals surface area contributed by atoms with E-state index in [9.17, 15) is 0 Å². The van der Waals surface area contributed by atoms with Gasteiger partial charge in [-0.05, 0) is 42.5 Å². The van der Waals surface area contributed by atoms with Crippen LogP contribution in [-0.2, 0) is 6.42 Å². The van der Waals surface area contributed by atoms with Gasteiger partial charge in [-0.1, -0.05) is 54.1 Å². The van der Waals surface area contributed by atoms with Crippen molar-refractivity contribution in [3.05, 3.63) is 69.7 Å². The first-order valence-corrected chi connectivity index (χ1v) is 6.77. The van der Waals surface area contributed by atoms with Crippen LogP contribution < -0.4 is 11.3 Å². The molecule has 3 heteroatoms. The topological polar surface area (TPSA) is 38.0 Å². The zero-order valence-electron chi connectivity index (χ0n) is 11.3. The van der Waals surface area contributed by atoms with Crippen LogP contribution in [0.2, 0.25) is 5.02 Å². The molecule has 0 heterocycles. The van der Waals surface area contributed by atoms with Gasteiger partial charge in [0, 0.05) is 5.02 Å². The Morgan fingerprint density at radius 1 is 1.05 bits per heavy atom. The second-order valence-electron chi connectivity index (χ2n) is 4.83. The number of hydrazine groups is 1. The van der Waals surface area contributed by atoms with Gasteiger partial charge in [-0.2, -0.15) is 0 Å². The Morgan fingerprint density at radius 3 is 2.42 bits per heavy atom. The lowest BCUT2D eigenvalue weighted by Gasteiger charge is -2.19. The van der Waals surface area contributed by atoms with Crippen molar-refractivity contribution in [3.8, 4) is 0 Å². The highest BCUT2D eigenvalue weighted by atomic mass is 35.5. The molecule has 0 aliphatic heterocycles. The normalized spacial score (nSPS) is 12.4. The number of hydrogen-bond donors (Lipinski definition) is 2. The van der Waals surface area contributed by atoms with E-state index < -0.39 is 0 Å². The molecule has 2 aromatic carbocycles. The molecule has 2 nitrogen and oxygen atoms in total. The van der Waals surface area contributed by atoms with Gasteiger partial charge in [0.1, 0.15) is 0 Å². The molecular weight excluding hydrogens is 256 g/mol. The summed E-state index contributed by atoms with van der Waals surface area (Å²) in [7, 11) is 0. The fourth-order valence-electron chi connectivity index (χ4n) is 2.26. The molecule has 19 heavy (non-hydrogen) atoms. The van der Waals surface area contributed by atoms with Crippen molar-refractivity contribution >= 4 is 11.6 Å². The van der Waals surface area contributed by atoms with Crippen molar-refractivity contribution in [2.75, 3.05) is 0 Å². The molecule has 0 saturated heterocycles. The van der Waals surface area contributed by atoms with Crippen LogP contribution in [0.5, 0.6) is 0 Å². The Balaban J connectivity index is 2.31. The Hall–Kier alpha value is -1.35. The Labute approximate surface area is 119 Å². The molecule has 0 bridgehead atoms. The van der Waals surface area contributed by atoms with Crippen molar-refractivity contribution in [1.29, 1.82) is 0 Å². The lowest BCUT2D eigenvalue weighted by atomic mass is 9.95. The minimum Gasteiger partial charge on any atom is -0.271 e. The summed E-state index contributed by atoms with van der Waals surface area (Å²) < 4.78 is 0. The lowest BCUT2D eigenvalue weighted by molar-refractivity contribution is 0.551. The Bertz CT molecular complexity index is 566. The van der Waals surface area contributed by atoms with Gasteiger partial charge >= 0.3 is 0 Å². The first kappa shape index (κ1) is 14.1. The van der Waals surface area contributed by atoms with Gasteiger partial charge in [-0.25, -0.2) is 0 Å². The van der Waals surface area contributed by atoms with Gasteiger partial charge < -0.3 is 0 Å². The van der Waals surface area contributed by atoms with Gasteiger partial charge in [0.05, 0.1) is 6.04 Å². The van der Waals surface area contributed by atoms with E-state index in [4.69, 9.17) is 17.4 Å². The van der Waals surface area contributed by atoms with Crippen molar-refractivity contribution in [2.45, 2.75) is 26.3 Å². The highest BCUT2D eigenvalue weighted by Crippen LogP contribution is 2.28. The summed E-state index contributed by atoms with van der Waals surface area (Å²) >= 11 is 6.38. The summed E-state index contributed by atoms with van der Waals surface area (Å²) in [6.45, 7) is 4.12. The molecule has 2 rings (SSSR count). The third-order valence-corrected chi connectivity index (χ3v) is 4.00. The predicted octanol–water partition coefficient (Wildman–Crippen LogP) is 3.70. The molecule has 100 valence electrons. The molecule has 3 N–H and O–H groups in total. The largest absolute Gasteiger partial charge is 0.271 e. The monoisotopic (exact) mass is 274 g/mol. The number of aryl methyl sites for hydroxylation is 2. The van der Waals surface area contributed by atoms with Gasteiger partial charge in [0.15, 0.2) is 0 Å². The van der Waals surface area contributed by atoms with E-state index in [1.807, 2.05) is 37.3 Å². The zero-order valence-corrected chi connectivity index (χ0v) is 12.0. The average Bonchev–Trinajstić information content (AvgIpc) is 2.41. The zero-order chi connectivity index (χ0) is 13.8. The summed E-state index contributed by atoms with van der Waals surface area (Å²) in [6, 6.07) is 14.4. The first-order chi connectivity index (χ1) is 9.13. The molecule has 0 fully saturated rings. The summed E-state index contributed by atoms with van der Waals surface area (Å²) in [5.41, 5.74) is 7.55. The summed E-state index contributed by atoms with van der Waals surface area (Å²) in [6.07, 6.45) is 0.826. The Morgan fingerprint density at radius 2 is 1.74 bits per heavy atom. The maximum Gasteiger partial charge on any atom is 0.0515 e. The van der Waals surface area contributed by atoms with Gasteiger partial charge in [-0.15, -0.1) is 0 Å². The van der Waals surface area contributed by atoms with Crippen LogP contribution in [0.15, 0.2) is 42.5 Å². The first-order valence-electron chi connectivity index (χ1n) is 6.39. The molecule has 0 aromatic heterocycles. The molecule has 0 aliphatic carbocycles. The fraction of sp³-hybridized carbons (Fsp3) is 0.250. The summed E-state index contributed by atoms with van der Waals surface area (Å²) in [5, 5.41) is 0.791. The van der Waals surface area contributed by atoms with Crippen molar-refractivity contribution in [1.82, 2.24) is 5.43 Å². The third-order valence-electron chi connectivity index (χ3n) is 3.48. The molecule has 0 aliphatic rings. The third kappa shape index (κ3) is 3.16. The molecule has 1 unspecified atom stereocenters. The van der Waals surface area contributed by atoms with Crippen LogP contribution in [-0.4, -0.2) is 0 Å². The smallest absolute Gasteiger partial charge is 0.0515 e. The van der Waals surface area contributed by atoms with E-state index in [2.05, 4.69) is 24.5 Å². The van der Waals surface area contributed by atoms with Crippen LogP contribution >= 0.6 is 11.6 Å². The van der Waals surface area contributed by atoms with Gasteiger partial charge in [0.2, 0.25) is 0 Å². The molecule has 0 radical (unpaired) electrons. The molecule has 2 aromatic rings. The van der Waals surface area contributed by atoms with Crippen molar-refractivity contribution in [3.63, 3.8) is 0 Å². The van der Waals surface area contributed by atoms with Crippen LogP contribution in [0, 0.1) is 13.8 Å². The molecule has 0 saturated carbocycles. The summed E-state index contributed by atoms with van der Waals surface area (Å²) in [5.74, 6) is 5.71. The van der Waals surface area contributed by atoms with E-state index in [0.29, 0.717) is 0 Å². The minimum atomic E-state index is 0.0218. The number of hydrogen-bond acceptors (Lipinski definition) is 2. The molecule has 0 spiro atoms. The van der Waals surface area contributed by atoms with Gasteiger partial charge in [0.25, 0.3) is 0 Å². The quantitative estimate of drug-likeness (QED) is 0.659. The number of halogens is 1. The standard InChI is InChI=1S/C16H19ClN2/c1-11-6-3-4-8-13(11)10-15(19-18)14-9-5-7-12(2)16(14)17/h3-9,15,19H,10,18H2,1-2H3. The summed E-state index contributed by atoms with van der Waals surface area (Å²) in [4.78, 5) is 0. The van der Waals surface area contributed by atoms with E-state index in [0.717, 1.165) is 22.6 Å². The predicted molar refractivity (Wildman–Crippen MR) is 81.1 cm³/mol. The van der Waals surface area contributed by atoms with E-state index in [-0.39, 0.29) is 6.04 Å². The maximum absolute atomic E-state index is 6.38. The van der Waals surface area contributed by atoms with Crippen LogP contribution in [0.3, 0.4) is 0 Å². The molecular formula is C16H19ClN2. The number of rotatable bonds is 4. The van der Waals surface area contributed by atoms with Crippen LogP contribution in [0.1, 0.15) is 28.3 Å². The second kappa shape index (κ2) is 6.20. The number of nitrogens with two attached hydrogens (primary N) is 1. The van der Waals surface area contributed by atoms with Gasteiger partial charge in [-0.3, -0.25) is 11.3 Å². The molecule has 0 amide bonds. The maximum atomic E-state index is 6.38. The fourth-order valence-corrected chi connectivity index (χ4v) is 2.51. The highest BCUT2D eigenvalue weighted by Gasteiger charge is 2.15. The average molecular weight is 275 g/mol. The van der Waals surface area contributed by atoms with E-state index >= 15 is 0 Å². The lowest BCUT2D eigenvalue weighted by Crippen LogP contribution is -2.30. The van der Waals surface area contributed by atoms with Crippen LogP contribution in [0.25, 0.3) is 0 Å². The second-order valence-corrected chi connectivity index (χ2v) is 5.21. The SMILES string of the molecule is Cc1ccccc1CC(NN)c1cccc(C)c1Cl. The van der Waals surface area contributed by atoms with Crippen molar-refractivity contribution in [2.24, 2.45) is 5.84 Å². The van der Waals surface area contributed by atoms with E-state index in [1.165, 1.54) is 11.1 Å². The minimum absolute atomic E-state index is 0.0218. The van der Waals surface area contributed by atoms with Crippen LogP contribution in [0.4, 0.5) is 0 Å². The van der Waals surface area contributed by atoms with E-state index in [1.54, 1.807) is 0 Å². The number of nitrogens with one attached hydrogen (secondary N) is 1. The highest BCUT2D eigenvalue weighted by molar-refractivity contribution is 6.32. The number of benzene rings is 2. The molecule has 1 atom stereocenters.